The monoisotopic (exact) mass is 416 g/mol. The summed E-state index contributed by atoms with van der Waals surface area (Å²) in [5.74, 6) is -0.504. The molecule has 2 amide bonds. The fraction of sp³-hybridized carbons (Fsp3) is 0.381. The summed E-state index contributed by atoms with van der Waals surface area (Å²) in [4.78, 5) is 37.1. The Morgan fingerprint density at radius 1 is 1.17 bits per heavy atom. The quantitative estimate of drug-likeness (QED) is 0.634. The number of amides is 2. The van der Waals surface area contributed by atoms with Gasteiger partial charge in [-0.3, -0.25) is 14.4 Å². The van der Waals surface area contributed by atoms with Crippen molar-refractivity contribution in [2.75, 3.05) is 17.7 Å². The first-order valence-corrected chi connectivity index (χ1v) is 10.3. The molecule has 2 aromatic rings. The molecule has 1 aromatic carbocycles. The van der Waals surface area contributed by atoms with Crippen molar-refractivity contribution >= 4 is 39.8 Å². The molecule has 0 aliphatic heterocycles. The van der Waals surface area contributed by atoms with E-state index < -0.39 is 11.9 Å². The molecular formula is C21H24N2O5S. The molecule has 3 N–H and O–H groups in total. The van der Waals surface area contributed by atoms with Crippen molar-refractivity contribution in [1.29, 1.82) is 0 Å². The number of anilines is 2. The van der Waals surface area contributed by atoms with Crippen LogP contribution in [0.2, 0.25) is 0 Å². The summed E-state index contributed by atoms with van der Waals surface area (Å²) >= 11 is 1.41. The Morgan fingerprint density at radius 2 is 1.90 bits per heavy atom. The molecule has 1 aromatic heterocycles. The van der Waals surface area contributed by atoms with E-state index in [1.165, 1.54) is 11.3 Å². The van der Waals surface area contributed by atoms with E-state index >= 15 is 0 Å². The fourth-order valence-corrected chi connectivity index (χ4v) is 4.78. The second-order valence-electron chi connectivity index (χ2n) is 7.18. The number of methoxy groups -OCH3 is 1. The Hall–Kier alpha value is -2.87. The highest BCUT2D eigenvalue weighted by Crippen LogP contribution is 2.40. The van der Waals surface area contributed by atoms with Gasteiger partial charge in [0.25, 0.3) is 5.91 Å². The molecule has 29 heavy (non-hydrogen) atoms. The SMILES string of the molecule is COc1ccc(NC(=O)c2c(NC(=O)CCC(=O)O)sc3c2CC[C@@H](C)C3)cc1. The highest BCUT2D eigenvalue weighted by molar-refractivity contribution is 7.17. The number of hydrogen-bond acceptors (Lipinski definition) is 5. The molecule has 0 spiro atoms. The molecule has 1 aliphatic rings. The third kappa shape index (κ3) is 5.14. The molecule has 0 saturated carbocycles. The van der Waals surface area contributed by atoms with E-state index in [2.05, 4.69) is 17.6 Å². The molecular weight excluding hydrogens is 392 g/mol. The molecule has 3 rings (SSSR count). The number of thiophene rings is 1. The maximum Gasteiger partial charge on any atom is 0.303 e. The highest BCUT2D eigenvalue weighted by Gasteiger charge is 2.28. The van der Waals surface area contributed by atoms with E-state index in [4.69, 9.17) is 9.84 Å². The maximum absolute atomic E-state index is 13.1. The molecule has 0 unspecified atom stereocenters. The fourth-order valence-electron chi connectivity index (χ4n) is 3.36. The van der Waals surface area contributed by atoms with Gasteiger partial charge in [0, 0.05) is 17.0 Å². The van der Waals surface area contributed by atoms with Gasteiger partial charge in [-0.1, -0.05) is 6.92 Å². The summed E-state index contributed by atoms with van der Waals surface area (Å²) < 4.78 is 5.13. The first kappa shape index (κ1) is 20.9. The topological polar surface area (TPSA) is 105 Å². The van der Waals surface area contributed by atoms with Crippen LogP contribution in [-0.2, 0) is 22.4 Å². The number of nitrogens with one attached hydrogen (secondary N) is 2. The minimum Gasteiger partial charge on any atom is -0.497 e. The van der Waals surface area contributed by atoms with Crippen molar-refractivity contribution in [3.8, 4) is 5.75 Å². The summed E-state index contributed by atoms with van der Waals surface area (Å²) in [6.07, 6.45) is 2.26. The van der Waals surface area contributed by atoms with Gasteiger partial charge in [0.2, 0.25) is 5.91 Å². The highest BCUT2D eigenvalue weighted by atomic mass is 32.1. The van der Waals surface area contributed by atoms with Gasteiger partial charge >= 0.3 is 5.97 Å². The third-order valence-electron chi connectivity index (χ3n) is 4.91. The molecule has 0 fully saturated rings. The average molecular weight is 416 g/mol. The van der Waals surface area contributed by atoms with Crippen LogP contribution in [-0.4, -0.2) is 30.0 Å². The lowest BCUT2D eigenvalue weighted by atomic mass is 9.88. The molecule has 1 aliphatic carbocycles. The summed E-state index contributed by atoms with van der Waals surface area (Å²) in [7, 11) is 1.57. The Morgan fingerprint density at radius 3 is 2.55 bits per heavy atom. The van der Waals surface area contributed by atoms with Gasteiger partial charge in [-0.25, -0.2) is 0 Å². The van der Waals surface area contributed by atoms with E-state index in [0.717, 1.165) is 29.7 Å². The molecule has 1 heterocycles. The molecule has 154 valence electrons. The van der Waals surface area contributed by atoms with Gasteiger partial charge in [0.05, 0.1) is 19.1 Å². The Balaban J connectivity index is 1.85. The second-order valence-corrected chi connectivity index (χ2v) is 8.29. The zero-order valence-corrected chi connectivity index (χ0v) is 17.2. The molecule has 0 saturated heterocycles. The van der Waals surface area contributed by atoms with Crippen LogP contribution in [0.25, 0.3) is 0 Å². The Bertz CT molecular complexity index is 920. The van der Waals surface area contributed by atoms with Gasteiger partial charge in [0.1, 0.15) is 10.8 Å². The van der Waals surface area contributed by atoms with Crippen LogP contribution in [0.4, 0.5) is 10.7 Å². The van der Waals surface area contributed by atoms with Crippen LogP contribution < -0.4 is 15.4 Å². The first-order valence-electron chi connectivity index (χ1n) is 9.49. The average Bonchev–Trinajstić information content (AvgIpc) is 3.03. The first-order chi connectivity index (χ1) is 13.9. The smallest absolute Gasteiger partial charge is 0.303 e. The number of rotatable bonds is 7. The normalized spacial score (nSPS) is 15.3. The number of fused-ring (bicyclic) bond motifs is 1. The number of carboxylic acid groups (broad SMARTS) is 1. The van der Waals surface area contributed by atoms with Crippen LogP contribution in [0.3, 0.4) is 0 Å². The lowest BCUT2D eigenvalue weighted by Crippen LogP contribution is -2.19. The standard InChI is InChI=1S/C21H24N2O5S/c1-12-3-8-15-16(11-12)29-21(23-17(24)9-10-18(25)26)19(15)20(27)22-13-4-6-14(28-2)7-5-13/h4-7,12H,3,8-11H2,1-2H3,(H,22,27)(H,23,24)(H,25,26)/t12-/m1/s1. The summed E-state index contributed by atoms with van der Waals surface area (Å²) in [6, 6.07) is 7.02. The van der Waals surface area contributed by atoms with Gasteiger partial charge < -0.3 is 20.5 Å². The minimum absolute atomic E-state index is 0.131. The second kappa shape index (κ2) is 9.09. The van der Waals surface area contributed by atoms with Crippen LogP contribution in [0, 0.1) is 5.92 Å². The van der Waals surface area contributed by atoms with Crippen molar-refractivity contribution < 1.29 is 24.2 Å². The van der Waals surface area contributed by atoms with Crippen molar-refractivity contribution in [2.24, 2.45) is 5.92 Å². The zero-order chi connectivity index (χ0) is 21.0. The number of benzene rings is 1. The summed E-state index contributed by atoms with van der Waals surface area (Å²) in [5.41, 5.74) is 2.09. The van der Waals surface area contributed by atoms with Gasteiger partial charge in [0.15, 0.2) is 0 Å². The molecule has 0 bridgehead atoms. The molecule has 8 heteroatoms. The number of aliphatic carboxylic acids is 1. The molecule has 1 atom stereocenters. The zero-order valence-electron chi connectivity index (χ0n) is 16.4. The maximum atomic E-state index is 13.1. The minimum atomic E-state index is -1.03. The van der Waals surface area contributed by atoms with Crippen molar-refractivity contribution in [2.45, 2.75) is 39.0 Å². The molecule has 7 nitrogen and oxygen atoms in total. The summed E-state index contributed by atoms with van der Waals surface area (Å²) in [6.45, 7) is 2.17. The third-order valence-corrected chi connectivity index (χ3v) is 6.08. The number of ether oxygens (including phenoxy) is 1. The van der Waals surface area contributed by atoms with Crippen LogP contribution in [0.15, 0.2) is 24.3 Å². The van der Waals surface area contributed by atoms with E-state index in [1.54, 1.807) is 31.4 Å². The molecule has 0 radical (unpaired) electrons. The van der Waals surface area contributed by atoms with Crippen molar-refractivity contribution in [3.63, 3.8) is 0 Å². The van der Waals surface area contributed by atoms with Crippen molar-refractivity contribution in [1.82, 2.24) is 0 Å². The van der Waals surface area contributed by atoms with E-state index in [9.17, 15) is 14.4 Å². The summed E-state index contributed by atoms with van der Waals surface area (Å²) in [5, 5.41) is 14.9. The predicted octanol–water partition coefficient (Wildman–Crippen LogP) is 3.94. The lowest BCUT2D eigenvalue weighted by molar-refractivity contribution is -0.138. The number of carbonyl (C=O) groups excluding carboxylic acids is 2. The Kier molecular flexibility index (Phi) is 6.53. The number of carboxylic acids is 1. The Labute approximate surface area is 173 Å². The van der Waals surface area contributed by atoms with Crippen LogP contribution in [0.5, 0.6) is 5.75 Å². The van der Waals surface area contributed by atoms with E-state index in [1.807, 2.05) is 0 Å². The predicted molar refractivity (Wildman–Crippen MR) is 112 cm³/mol. The van der Waals surface area contributed by atoms with E-state index in [-0.39, 0.29) is 18.7 Å². The lowest BCUT2D eigenvalue weighted by Gasteiger charge is -2.18. The number of hydrogen-bond donors (Lipinski definition) is 3. The van der Waals surface area contributed by atoms with Gasteiger partial charge in [-0.2, -0.15) is 0 Å². The number of carbonyl (C=O) groups is 3. The van der Waals surface area contributed by atoms with Crippen LogP contribution >= 0.6 is 11.3 Å². The van der Waals surface area contributed by atoms with E-state index in [0.29, 0.717) is 27.9 Å². The largest absolute Gasteiger partial charge is 0.497 e. The van der Waals surface area contributed by atoms with Crippen LogP contribution in [0.1, 0.15) is 47.0 Å². The van der Waals surface area contributed by atoms with Gasteiger partial charge in [-0.15, -0.1) is 11.3 Å². The van der Waals surface area contributed by atoms with Gasteiger partial charge in [-0.05, 0) is 55.0 Å². The van der Waals surface area contributed by atoms with Crippen molar-refractivity contribution in [3.05, 3.63) is 40.3 Å².